The Balaban J connectivity index is 2.08. The molecule has 16 heavy (non-hydrogen) atoms. The third kappa shape index (κ3) is 2.54. The summed E-state index contributed by atoms with van der Waals surface area (Å²) in [6.07, 6.45) is 4.60. The number of hydrogen-bond donors (Lipinski definition) is 2. The Hall–Kier alpha value is -1.95. The minimum atomic E-state index is 0.152. The number of nitrogen functional groups attached to an aromatic ring is 1. The molecule has 0 bridgehead atoms. The van der Waals surface area contributed by atoms with Crippen molar-refractivity contribution in [3.05, 3.63) is 35.8 Å². The zero-order chi connectivity index (χ0) is 11.4. The monoisotopic (exact) mass is 236 g/mol. The lowest BCUT2D eigenvalue weighted by molar-refractivity contribution is 0.992. The molecule has 7 heteroatoms. The van der Waals surface area contributed by atoms with Gasteiger partial charge in [-0.2, -0.15) is 4.98 Å². The van der Waals surface area contributed by atoms with Crippen LogP contribution in [0.25, 0.3) is 0 Å². The second kappa shape index (κ2) is 4.71. The van der Waals surface area contributed by atoms with Crippen LogP contribution >= 0.6 is 11.6 Å². The van der Waals surface area contributed by atoms with Crippen LogP contribution < -0.4 is 11.1 Å². The second-order valence-electron chi connectivity index (χ2n) is 3.00. The summed E-state index contributed by atoms with van der Waals surface area (Å²) in [6.45, 7) is 0.500. The van der Waals surface area contributed by atoms with Gasteiger partial charge in [0.1, 0.15) is 6.33 Å². The first-order valence-electron chi connectivity index (χ1n) is 4.52. The second-order valence-corrected chi connectivity index (χ2v) is 3.34. The summed E-state index contributed by atoms with van der Waals surface area (Å²) in [5.41, 5.74) is 6.95. The molecule has 0 saturated heterocycles. The number of anilines is 2. The van der Waals surface area contributed by atoms with Gasteiger partial charge in [0.15, 0.2) is 5.82 Å². The van der Waals surface area contributed by atoms with E-state index in [2.05, 4.69) is 25.3 Å². The van der Waals surface area contributed by atoms with Gasteiger partial charge in [-0.15, -0.1) is 0 Å². The third-order valence-electron chi connectivity index (χ3n) is 1.87. The molecule has 0 spiro atoms. The zero-order valence-corrected chi connectivity index (χ0v) is 9.02. The standard InChI is InChI=1S/C9H9ClN6/c10-9-14-4-7(11)8(16-9)13-3-6-1-2-12-5-15-6/h1-2,4-5H,3,11H2,(H,13,14,16). The van der Waals surface area contributed by atoms with E-state index in [1.807, 2.05) is 0 Å². The summed E-state index contributed by atoms with van der Waals surface area (Å²) in [5.74, 6) is 0.499. The van der Waals surface area contributed by atoms with Crippen LogP contribution in [0, 0.1) is 0 Å². The fourth-order valence-corrected chi connectivity index (χ4v) is 1.24. The highest BCUT2D eigenvalue weighted by Gasteiger charge is 2.02. The Kier molecular flexibility index (Phi) is 3.11. The van der Waals surface area contributed by atoms with E-state index in [4.69, 9.17) is 17.3 Å². The van der Waals surface area contributed by atoms with E-state index in [0.29, 0.717) is 18.1 Å². The molecule has 6 nitrogen and oxygen atoms in total. The normalized spacial score (nSPS) is 10.1. The van der Waals surface area contributed by atoms with Crippen LogP contribution in [0.15, 0.2) is 24.8 Å². The smallest absolute Gasteiger partial charge is 0.224 e. The molecule has 2 rings (SSSR count). The first-order valence-corrected chi connectivity index (χ1v) is 4.90. The van der Waals surface area contributed by atoms with Crippen molar-refractivity contribution in [3.63, 3.8) is 0 Å². The number of rotatable bonds is 3. The Bertz CT molecular complexity index is 475. The molecule has 0 amide bonds. The molecule has 0 radical (unpaired) electrons. The van der Waals surface area contributed by atoms with Crippen LogP contribution in [-0.2, 0) is 6.54 Å². The molecule has 0 aliphatic heterocycles. The lowest BCUT2D eigenvalue weighted by atomic mass is 10.4. The Morgan fingerprint density at radius 3 is 3.00 bits per heavy atom. The van der Waals surface area contributed by atoms with Crippen LogP contribution in [0.1, 0.15) is 5.69 Å². The third-order valence-corrected chi connectivity index (χ3v) is 2.05. The van der Waals surface area contributed by atoms with Gasteiger partial charge in [0.2, 0.25) is 5.28 Å². The molecule has 0 aromatic carbocycles. The number of aromatic nitrogens is 4. The summed E-state index contributed by atoms with van der Waals surface area (Å²) in [7, 11) is 0. The largest absolute Gasteiger partial charge is 0.394 e. The van der Waals surface area contributed by atoms with Crippen molar-refractivity contribution in [1.29, 1.82) is 0 Å². The van der Waals surface area contributed by atoms with Gasteiger partial charge in [-0.05, 0) is 17.7 Å². The molecular formula is C9H9ClN6. The average Bonchev–Trinajstić information content (AvgIpc) is 2.32. The molecule has 0 unspecified atom stereocenters. The maximum absolute atomic E-state index is 5.67. The fourth-order valence-electron chi connectivity index (χ4n) is 1.11. The molecule has 2 heterocycles. The average molecular weight is 237 g/mol. The Labute approximate surface area is 96.9 Å². The van der Waals surface area contributed by atoms with Crippen molar-refractivity contribution < 1.29 is 0 Å². The SMILES string of the molecule is Nc1cnc(Cl)nc1NCc1ccncn1. The highest BCUT2D eigenvalue weighted by molar-refractivity contribution is 6.28. The molecule has 0 aliphatic rings. The van der Waals surface area contributed by atoms with E-state index in [-0.39, 0.29) is 5.28 Å². The van der Waals surface area contributed by atoms with Gasteiger partial charge in [-0.1, -0.05) is 0 Å². The van der Waals surface area contributed by atoms with Crippen LogP contribution in [0.5, 0.6) is 0 Å². The van der Waals surface area contributed by atoms with Gasteiger partial charge in [0, 0.05) is 6.20 Å². The van der Waals surface area contributed by atoms with E-state index in [9.17, 15) is 0 Å². The summed E-state index contributed by atoms with van der Waals surface area (Å²) in [5, 5.41) is 3.17. The summed E-state index contributed by atoms with van der Waals surface area (Å²) in [6, 6.07) is 1.80. The van der Waals surface area contributed by atoms with Crippen molar-refractivity contribution in [3.8, 4) is 0 Å². The van der Waals surface area contributed by atoms with Crippen LogP contribution in [0.3, 0.4) is 0 Å². The highest BCUT2D eigenvalue weighted by Crippen LogP contribution is 2.16. The van der Waals surface area contributed by atoms with Crippen molar-refractivity contribution in [2.24, 2.45) is 0 Å². The number of halogens is 1. The molecular weight excluding hydrogens is 228 g/mol. The van der Waals surface area contributed by atoms with Gasteiger partial charge < -0.3 is 11.1 Å². The molecule has 0 aliphatic carbocycles. The van der Waals surface area contributed by atoms with Gasteiger partial charge in [-0.25, -0.2) is 15.0 Å². The maximum Gasteiger partial charge on any atom is 0.224 e. The number of nitrogens with one attached hydrogen (secondary N) is 1. The molecule has 0 atom stereocenters. The van der Waals surface area contributed by atoms with Gasteiger partial charge >= 0.3 is 0 Å². The first kappa shape index (κ1) is 10.6. The number of nitrogens with zero attached hydrogens (tertiary/aromatic N) is 4. The van der Waals surface area contributed by atoms with Crippen molar-refractivity contribution in [1.82, 2.24) is 19.9 Å². The highest BCUT2D eigenvalue weighted by atomic mass is 35.5. The molecule has 0 saturated carbocycles. The topological polar surface area (TPSA) is 89.6 Å². The quantitative estimate of drug-likeness (QED) is 0.776. The fraction of sp³-hybridized carbons (Fsp3) is 0.111. The van der Waals surface area contributed by atoms with E-state index >= 15 is 0 Å². The lowest BCUT2D eigenvalue weighted by Gasteiger charge is -2.06. The molecule has 82 valence electrons. The predicted octanol–water partition coefficient (Wildman–Crippen LogP) is 1.11. The number of nitrogens with two attached hydrogens (primary N) is 1. The van der Waals surface area contributed by atoms with E-state index < -0.39 is 0 Å². The summed E-state index contributed by atoms with van der Waals surface area (Å²) in [4.78, 5) is 15.6. The summed E-state index contributed by atoms with van der Waals surface area (Å²) < 4.78 is 0. The minimum Gasteiger partial charge on any atom is -0.394 e. The predicted molar refractivity (Wildman–Crippen MR) is 60.8 cm³/mol. The number of hydrogen-bond acceptors (Lipinski definition) is 6. The van der Waals surface area contributed by atoms with Crippen LogP contribution in [-0.4, -0.2) is 19.9 Å². The zero-order valence-electron chi connectivity index (χ0n) is 8.26. The Morgan fingerprint density at radius 1 is 1.38 bits per heavy atom. The van der Waals surface area contributed by atoms with Gasteiger partial charge in [-0.3, -0.25) is 0 Å². The van der Waals surface area contributed by atoms with Crippen molar-refractivity contribution in [2.75, 3.05) is 11.1 Å². The molecule has 0 fully saturated rings. The maximum atomic E-state index is 5.67. The lowest BCUT2D eigenvalue weighted by Crippen LogP contribution is -2.06. The van der Waals surface area contributed by atoms with E-state index in [1.165, 1.54) is 12.5 Å². The van der Waals surface area contributed by atoms with Crippen LogP contribution in [0.2, 0.25) is 5.28 Å². The van der Waals surface area contributed by atoms with E-state index in [0.717, 1.165) is 5.69 Å². The Morgan fingerprint density at radius 2 is 2.25 bits per heavy atom. The summed E-state index contributed by atoms with van der Waals surface area (Å²) >= 11 is 5.66. The first-order chi connectivity index (χ1) is 7.75. The minimum absolute atomic E-state index is 0.152. The molecule has 2 aromatic rings. The van der Waals surface area contributed by atoms with Gasteiger partial charge in [0.25, 0.3) is 0 Å². The molecule has 2 aromatic heterocycles. The van der Waals surface area contributed by atoms with E-state index in [1.54, 1.807) is 12.3 Å². The van der Waals surface area contributed by atoms with Crippen molar-refractivity contribution in [2.45, 2.75) is 6.54 Å². The van der Waals surface area contributed by atoms with Crippen molar-refractivity contribution >= 4 is 23.1 Å². The van der Waals surface area contributed by atoms with Gasteiger partial charge in [0.05, 0.1) is 24.1 Å². The van der Waals surface area contributed by atoms with Crippen LogP contribution in [0.4, 0.5) is 11.5 Å². The molecule has 3 N–H and O–H groups in total.